The molecular weight excluding hydrogens is 510 g/mol. The molecule has 7 rings (SSSR count). The molecule has 0 atom stereocenters. The highest BCUT2D eigenvalue weighted by molar-refractivity contribution is 5.91. The molecule has 0 spiro atoms. The molecule has 0 fully saturated rings. The molecule has 4 heterocycles. The van der Waals surface area contributed by atoms with Gasteiger partial charge in [-0.1, -0.05) is 141 Å². The van der Waals surface area contributed by atoms with Crippen molar-refractivity contribution in [3.63, 3.8) is 0 Å². The van der Waals surface area contributed by atoms with Crippen molar-refractivity contribution in [3.8, 4) is 22.5 Å². The number of rotatable bonds is 2. The predicted octanol–water partition coefficient (Wildman–Crippen LogP) is 10.5. The Bertz CT molecular complexity index is 1680. The lowest BCUT2D eigenvalue weighted by atomic mass is 9.65. The molecule has 42 heavy (non-hydrogen) atoms. The number of nitrogens with zero attached hydrogens (tertiary/aromatic N) is 3. The second-order valence-corrected chi connectivity index (χ2v) is 13.6. The van der Waals surface area contributed by atoms with Gasteiger partial charge in [-0.25, -0.2) is 9.97 Å². The molecule has 0 N–H and O–H groups in total. The van der Waals surface area contributed by atoms with E-state index in [9.17, 15) is 0 Å². The van der Waals surface area contributed by atoms with Gasteiger partial charge in [0.25, 0.3) is 0 Å². The molecule has 0 saturated carbocycles. The third-order valence-electron chi connectivity index (χ3n) is 9.21. The normalized spacial score (nSPS) is 15.6. The number of hydrogen-bond donors (Lipinski definition) is 0. The molecule has 5 aromatic rings. The molecule has 0 amide bonds. The van der Waals surface area contributed by atoms with E-state index in [1.54, 1.807) is 0 Å². The van der Waals surface area contributed by atoms with E-state index in [4.69, 9.17) is 9.97 Å². The molecule has 0 unspecified atom stereocenters. The quantitative estimate of drug-likeness (QED) is 0.218. The number of pyridine rings is 2. The Morgan fingerprint density at radius 3 is 1.33 bits per heavy atom. The van der Waals surface area contributed by atoms with Crippen LogP contribution in [0.4, 0.5) is 17.3 Å². The van der Waals surface area contributed by atoms with Gasteiger partial charge in [0, 0.05) is 33.1 Å². The Kier molecular flexibility index (Phi) is 6.24. The highest BCUT2D eigenvalue weighted by Crippen LogP contribution is 2.60. The predicted molar refractivity (Wildman–Crippen MR) is 177 cm³/mol. The van der Waals surface area contributed by atoms with Crippen molar-refractivity contribution in [3.05, 3.63) is 125 Å². The fraction of sp³-hybridized carbons (Fsp3) is 0.282. The van der Waals surface area contributed by atoms with Crippen LogP contribution in [0.25, 0.3) is 22.5 Å². The minimum Gasteiger partial charge on any atom is -0.278 e. The smallest absolute Gasteiger partial charge is 0.143 e. The minimum absolute atomic E-state index is 0. The zero-order chi connectivity index (χ0) is 28.7. The standard InChI is InChI=1S/C38H37N3.CH4/c1-36(2,3)26-22-29-33-30(23-26)38(6,7)28-19-21-32(25-16-12-9-13-17-25)40-35(28)41(33)34-27(37(29,4)5)18-20-31(39-34)24-14-10-8-11-15-24;/h8-23H,1-7H3;1H4. The molecule has 2 aromatic heterocycles. The molecule has 0 radical (unpaired) electrons. The number of hydrogen-bond acceptors (Lipinski definition) is 3. The van der Waals surface area contributed by atoms with Crippen LogP contribution in [-0.2, 0) is 16.2 Å². The van der Waals surface area contributed by atoms with Crippen LogP contribution in [0.1, 0.15) is 83.7 Å². The molecule has 3 aromatic carbocycles. The van der Waals surface area contributed by atoms with Crippen LogP contribution in [0.3, 0.4) is 0 Å². The summed E-state index contributed by atoms with van der Waals surface area (Å²) in [4.78, 5) is 13.2. The van der Waals surface area contributed by atoms with Gasteiger partial charge < -0.3 is 0 Å². The lowest BCUT2D eigenvalue weighted by Crippen LogP contribution is -2.39. The zero-order valence-corrected chi connectivity index (χ0v) is 25.1. The maximum Gasteiger partial charge on any atom is 0.143 e. The third-order valence-corrected chi connectivity index (χ3v) is 9.21. The summed E-state index contributed by atoms with van der Waals surface area (Å²) in [6.07, 6.45) is 0. The number of benzene rings is 3. The second kappa shape index (κ2) is 9.39. The van der Waals surface area contributed by atoms with E-state index < -0.39 is 0 Å². The second-order valence-electron chi connectivity index (χ2n) is 13.6. The van der Waals surface area contributed by atoms with Crippen molar-refractivity contribution >= 4 is 17.3 Å². The van der Waals surface area contributed by atoms with E-state index in [1.165, 1.54) is 33.5 Å². The summed E-state index contributed by atoms with van der Waals surface area (Å²) >= 11 is 0. The Hall–Kier alpha value is -4.24. The van der Waals surface area contributed by atoms with Crippen LogP contribution in [0, 0.1) is 0 Å². The highest BCUT2D eigenvalue weighted by Gasteiger charge is 2.47. The Balaban J connectivity index is 0.00000316. The van der Waals surface area contributed by atoms with Gasteiger partial charge in [0.15, 0.2) is 0 Å². The molecule has 2 aliphatic heterocycles. The zero-order valence-electron chi connectivity index (χ0n) is 25.1. The van der Waals surface area contributed by atoms with Crippen molar-refractivity contribution < 1.29 is 0 Å². The van der Waals surface area contributed by atoms with Crippen molar-refractivity contribution in [2.24, 2.45) is 0 Å². The van der Waals surface area contributed by atoms with Gasteiger partial charge in [-0.2, -0.15) is 0 Å². The van der Waals surface area contributed by atoms with Crippen LogP contribution >= 0.6 is 0 Å². The summed E-state index contributed by atoms with van der Waals surface area (Å²) in [6.45, 7) is 16.4. The molecule has 212 valence electrons. The number of fused-ring (bicyclic) bond motifs is 4. The maximum atomic E-state index is 5.41. The molecule has 0 bridgehead atoms. The van der Waals surface area contributed by atoms with Crippen LogP contribution in [0.15, 0.2) is 97.1 Å². The topological polar surface area (TPSA) is 29.0 Å². The molecule has 3 heteroatoms. The molecule has 3 nitrogen and oxygen atoms in total. The van der Waals surface area contributed by atoms with Gasteiger partial charge in [-0.05, 0) is 34.2 Å². The van der Waals surface area contributed by atoms with Crippen molar-refractivity contribution in [2.75, 3.05) is 4.90 Å². The first-order valence-corrected chi connectivity index (χ1v) is 14.6. The van der Waals surface area contributed by atoms with E-state index in [1.807, 2.05) is 0 Å². The Labute approximate surface area is 251 Å². The van der Waals surface area contributed by atoms with Gasteiger partial charge in [-0.15, -0.1) is 0 Å². The summed E-state index contributed by atoms with van der Waals surface area (Å²) in [5.74, 6) is 1.95. The number of aromatic nitrogens is 2. The summed E-state index contributed by atoms with van der Waals surface area (Å²) in [7, 11) is 0. The molecule has 2 aliphatic rings. The average Bonchev–Trinajstić information content (AvgIpc) is 2.96. The van der Waals surface area contributed by atoms with E-state index in [-0.39, 0.29) is 23.7 Å². The van der Waals surface area contributed by atoms with Crippen LogP contribution in [0.5, 0.6) is 0 Å². The number of anilines is 3. The van der Waals surface area contributed by atoms with Gasteiger partial charge in [0.2, 0.25) is 0 Å². The van der Waals surface area contributed by atoms with E-state index >= 15 is 0 Å². The lowest BCUT2D eigenvalue weighted by Gasteiger charge is -2.49. The van der Waals surface area contributed by atoms with Crippen LogP contribution < -0.4 is 4.90 Å². The average molecular weight is 552 g/mol. The highest BCUT2D eigenvalue weighted by atomic mass is 15.3. The Morgan fingerprint density at radius 1 is 0.548 bits per heavy atom. The van der Waals surface area contributed by atoms with E-state index in [0.717, 1.165) is 34.2 Å². The van der Waals surface area contributed by atoms with E-state index in [2.05, 4.69) is 150 Å². The minimum atomic E-state index is -0.232. The van der Waals surface area contributed by atoms with Crippen molar-refractivity contribution in [2.45, 2.75) is 72.1 Å². The third kappa shape index (κ3) is 4.01. The van der Waals surface area contributed by atoms with Crippen molar-refractivity contribution in [1.82, 2.24) is 9.97 Å². The van der Waals surface area contributed by atoms with Crippen molar-refractivity contribution in [1.29, 1.82) is 0 Å². The first-order chi connectivity index (χ1) is 19.5. The fourth-order valence-corrected chi connectivity index (χ4v) is 6.62. The van der Waals surface area contributed by atoms with Crippen LogP contribution in [-0.4, -0.2) is 9.97 Å². The molecule has 0 saturated heterocycles. The monoisotopic (exact) mass is 551 g/mol. The first kappa shape index (κ1) is 27.9. The van der Waals surface area contributed by atoms with Gasteiger partial charge in [-0.3, -0.25) is 4.90 Å². The first-order valence-electron chi connectivity index (χ1n) is 14.6. The largest absolute Gasteiger partial charge is 0.278 e. The van der Waals surface area contributed by atoms with E-state index in [0.29, 0.717) is 0 Å². The SMILES string of the molecule is C.CC(C)(C)c1cc2c3c(c1)C(C)(C)c1ccc(-c4ccccc4)nc1N3c1nc(-c3ccccc3)ccc1C2(C)C. The fourth-order valence-electron chi connectivity index (χ4n) is 6.62. The summed E-state index contributed by atoms with van der Waals surface area (Å²) in [5.41, 5.74) is 11.5. The lowest BCUT2D eigenvalue weighted by molar-refractivity contribution is 0.561. The van der Waals surface area contributed by atoms with Gasteiger partial charge >= 0.3 is 0 Å². The maximum absolute atomic E-state index is 5.41. The summed E-state index contributed by atoms with van der Waals surface area (Å²) < 4.78 is 0. The summed E-state index contributed by atoms with van der Waals surface area (Å²) in [5, 5.41) is 0. The summed E-state index contributed by atoms with van der Waals surface area (Å²) in [6, 6.07) is 34.8. The molecule has 0 aliphatic carbocycles. The molecular formula is C39H41N3. The van der Waals surface area contributed by atoms with Gasteiger partial charge in [0.1, 0.15) is 11.6 Å². The Morgan fingerprint density at radius 2 is 0.952 bits per heavy atom. The van der Waals surface area contributed by atoms with Crippen LogP contribution in [0.2, 0.25) is 0 Å². The van der Waals surface area contributed by atoms with Gasteiger partial charge in [0.05, 0.1) is 17.1 Å².